The molecule has 0 aliphatic rings. The van der Waals surface area contributed by atoms with Gasteiger partial charge in [-0.3, -0.25) is 0 Å². The van der Waals surface area contributed by atoms with Crippen LogP contribution in [-0.4, -0.2) is 54.9 Å². The summed E-state index contributed by atoms with van der Waals surface area (Å²) in [7, 11) is 6.90. The highest BCUT2D eigenvalue weighted by Crippen LogP contribution is 2.31. The van der Waals surface area contributed by atoms with Gasteiger partial charge in [-0.2, -0.15) is 0 Å². The van der Waals surface area contributed by atoms with Gasteiger partial charge in [-0.25, -0.2) is 0 Å². The van der Waals surface area contributed by atoms with Gasteiger partial charge in [0.2, 0.25) is 0 Å². The molecule has 0 bridgehead atoms. The first kappa shape index (κ1) is 23.1. The van der Waals surface area contributed by atoms with E-state index in [9.17, 15) is 0 Å². The Bertz CT molecular complexity index is 317. The maximum Gasteiger partial charge on any atom is 0.0546 e. The Morgan fingerprint density at radius 3 is 1.08 bits per heavy atom. The molecule has 0 aromatic heterocycles. The summed E-state index contributed by atoms with van der Waals surface area (Å²) in [6.07, 6.45) is 11.8. The minimum atomic E-state index is -0.0641. The highest BCUT2D eigenvalue weighted by Gasteiger charge is 2.29. The van der Waals surface area contributed by atoms with Crippen molar-refractivity contribution in [2.45, 2.75) is 25.7 Å². The molecule has 0 aliphatic heterocycles. The van der Waals surface area contributed by atoms with Gasteiger partial charge in [0.15, 0.2) is 0 Å². The smallest absolute Gasteiger partial charge is 0.0546 e. The third-order valence-corrected chi connectivity index (χ3v) is 4.23. The summed E-state index contributed by atoms with van der Waals surface area (Å²) in [6, 6.07) is 0. The van der Waals surface area contributed by atoms with Crippen LogP contribution < -0.4 is 0 Å². The Kier molecular flexibility index (Phi) is 12.8. The molecule has 0 fully saturated rings. The largest absolute Gasteiger partial charge is 0.384 e. The highest BCUT2D eigenvalue weighted by atomic mass is 16.5. The number of allylic oxidation sites excluding steroid dienone is 4. The average Bonchev–Trinajstić information content (AvgIpc) is 2.53. The third-order valence-electron chi connectivity index (χ3n) is 4.23. The molecule has 0 rings (SSSR count). The van der Waals surface area contributed by atoms with Gasteiger partial charge in [-0.1, -0.05) is 24.3 Å². The first-order valence-corrected chi connectivity index (χ1v) is 8.40. The standard InChI is InChI=1S/C20H36O4/c1-7-11-19(15-21-3,16-22-4)13-9-10-14-20(12-8-2,17-23-5)18-24-6/h7-10H,1-2,11-18H2,3-6H3. The van der Waals surface area contributed by atoms with E-state index >= 15 is 0 Å². The predicted octanol–water partition coefficient (Wildman–Crippen LogP) is 4.03. The van der Waals surface area contributed by atoms with E-state index in [1.54, 1.807) is 28.4 Å². The molecule has 0 aromatic rings. The molecule has 0 N–H and O–H groups in total. The van der Waals surface area contributed by atoms with Crippen molar-refractivity contribution in [3.8, 4) is 0 Å². The maximum atomic E-state index is 5.41. The molecule has 0 aliphatic carbocycles. The quantitative estimate of drug-likeness (QED) is 0.398. The summed E-state index contributed by atoms with van der Waals surface area (Å²) in [5.41, 5.74) is -0.128. The number of hydrogen-bond donors (Lipinski definition) is 0. The van der Waals surface area contributed by atoms with E-state index in [0.717, 1.165) is 25.7 Å². The van der Waals surface area contributed by atoms with Crippen molar-refractivity contribution in [2.24, 2.45) is 10.8 Å². The molecule has 0 atom stereocenters. The molecule has 0 spiro atoms. The van der Waals surface area contributed by atoms with Crippen molar-refractivity contribution in [1.29, 1.82) is 0 Å². The van der Waals surface area contributed by atoms with Crippen LogP contribution in [0.4, 0.5) is 0 Å². The fourth-order valence-corrected chi connectivity index (χ4v) is 3.23. The molecule has 0 saturated heterocycles. The summed E-state index contributed by atoms with van der Waals surface area (Å²) in [4.78, 5) is 0. The second-order valence-electron chi connectivity index (χ2n) is 6.60. The Balaban J connectivity index is 4.97. The van der Waals surface area contributed by atoms with Crippen molar-refractivity contribution in [2.75, 3.05) is 54.9 Å². The molecule has 0 unspecified atom stereocenters. The second kappa shape index (κ2) is 13.4. The van der Waals surface area contributed by atoms with Gasteiger partial charge in [0.1, 0.15) is 0 Å². The van der Waals surface area contributed by atoms with Crippen LogP contribution in [0.15, 0.2) is 37.5 Å². The van der Waals surface area contributed by atoms with Gasteiger partial charge in [-0.15, -0.1) is 13.2 Å². The normalized spacial score (nSPS) is 12.7. The highest BCUT2D eigenvalue weighted by molar-refractivity contribution is 4.99. The van der Waals surface area contributed by atoms with Crippen LogP contribution in [0.3, 0.4) is 0 Å². The lowest BCUT2D eigenvalue weighted by atomic mass is 9.80. The first-order chi connectivity index (χ1) is 11.6. The number of hydrogen-bond acceptors (Lipinski definition) is 4. The summed E-state index contributed by atoms with van der Waals surface area (Å²) >= 11 is 0. The Labute approximate surface area is 148 Å². The van der Waals surface area contributed by atoms with Crippen molar-refractivity contribution in [1.82, 2.24) is 0 Å². The van der Waals surface area contributed by atoms with Gasteiger partial charge >= 0.3 is 0 Å². The van der Waals surface area contributed by atoms with Crippen LogP contribution in [0.5, 0.6) is 0 Å². The van der Waals surface area contributed by atoms with Crippen molar-refractivity contribution in [3.63, 3.8) is 0 Å². The molecule has 0 aromatic carbocycles. The summed E-state index contributed by atoms with van der Waals surface area (Å²) in [5.74, 6) is 0. The lowest BCUT2D eigenvalue weighted by molar-refractivity contribution is 0.0112. The van der Waals surface area contributed by atoms with Crippen molar-refractivity contribution in [3.05, 3.63) is 37.5 Å². The number of ether oxygens (including phenoxy) is 4. The SMILES string of the molecule is C=CCC(CC=CCC(CC=C)(COC)COC)(COC)COC. The van der Waals surface area contributed by atoms with E-state index in [0.29, 0.717) is 26.4 Å². The third kappa shape index (κ3) is 8.25. The van der Waals surface area contributed by atoms with Crippen molar-refractivity contribution < 1.29 is 18.9 Å². The molecular formula is C20H36O4. The minimum Gasteiger partial charge on any atom is -0.384 e. The molecule has 140 valence electrons. The molecule has 0 radical (unpaired) electrons. The minimum absolute atomic E-state index is 0.0641. The average molecular weight is 341 g/mol. The van der Waals surface area contributed by atoms with E-state index < -0.39 is 0 Å². The van der Waals surface area contributed by atoms with Crippen LogP contribution in [0.2, 0.25) is 0 Å². The molecule has 4 nitrogen and oxygen atoms in total. The van der Waals surface area contributed by atoms with Crippen LogP contribution >= 0.6 is 0 Å². The van der Waals surface area contributed by atoms with Gasteiger partial charge in [0, 0.05) is 39.3 Å². The van der Waals surface area contributed by atoms with Gasteiger partial charge in [-0.05, 0) is 25.7 Å². The molecule has 4 heteroatoms. The lowest BCUT2D eigenvalue weighted by Crippen LogP contribution is -2.31. The Hall–Kier alpha value is -0.940. The lowest BCUT2D eigenvalue weighted by Gasteiger charge is -2.32. The molecule has 0 amide bonds. The summed E-state index contributed by atoms with van der Waals surface area (Å²) in [5, 5.41) is 0. The van der Waals surface area contributed by atoms with E-state index in [-0.39, 0.29) is 10.8 Å². The molecule has 0 heterocycles. The predicted molar refractivity (Wildman–Crippen MR) is 100 cm³/mol. The fourth-order valence-electron chi connectivity index (χ4n) is 3.23. The second-order valence-corrected chi connectivity index (χ2v) is 6.60. The van der Waals surface area contributed by atoms with Crippen LogP contribution in [0, 0.1) is 10.8 Å². The van der Waals surface area contributed by atoms with Crippen LogP contribution in [0.1, 0.15) is 25.7 Å². The molecular weight excluding hydrogens is 304 g/mol. The van der Waals surface area contributed by atoms with Gasteiger partial charge < -0.3 is 18.9 Å². The van der Waals surface area contributed by atoms with Crippen LogP contribution in [-0.2, 0) is 18.9 Å². The zero-order chi connectivity index (χ0) is 18.3. The monoisotopic (exact) mass is 340 g/mol. The maximum absolute atomic E-state index is 5.41. The Morgan fingerprint density at radius 2 is 0.875 bits per heavy atom. The topological polar surface area (TPSA) is 36.9 Å². The zero-order valence-corrected chi connectivity index (χ0v) is 16.0. The first-order valence-electron chi connectivity index (χ1n) is 8.40. The van der Waals surface area contributed by atoms with Crippen LogP contribution in [0.25, 0.3) is 0 Å². The van der Waals surface area contributed by atoms with Crippen molar-refractivity contribution >= 4 is 0 Å². The van der Waals surface area contributed by atoms with E-state index in [1.807, 2.05) is 12.2 Å². The summed E-state index contributed by atoms with van der Waals surface area (Å²) in [6.45, 7) is 10.3. The molecule has 24 heavy (non-hydrogen) atoms. The van der Waals surface area contributed by atoms with Gasteiger partial charge in [0.05, 0.1) is 26.4 Å². The summed E-state index contributed by atoms with van der Waals surface area (Å²) < 4.78 is 21.6. The van der Waals surface area contributed by atoms with E-state index in [4.69, 9.17) is 18.9 Å². The fraction of sp³-hybridized carbons (Fsp3) is 0.700. The van der Waals surface area contributed by atoms with E-state index in [1.165, 1.54) is 0 Å². The van der Waals surface area contributed by atoms with Gasteiger partial charge in [0.25, 0.3) is 0 Å². The molecule has 0 saturated carbocycles. The zero-order valence-electron chi connectivity index (χ0n) is 16.0. The Morgan fingerprint density at radius 1 is 0.583 bits per heavy atom. The van der Waals surface area contributed by atoms with E-state index in [2.05, 4.69) is 25.3 Å². The number of methoxy groups -OCH3 is 4. The number of rotatable bonds is 16.